The van der Waals surface area contributed by atoms with E-state index in [1.807, 2.05) is 11.7 Å². The first-order valence-electron chi connectivity index (χ1n) is 9.67. The van der Waals surface area contributed by atoms with E-state index < -0.39 is 0 Å². The van der Waals surface area contributed by atoms with E-state index in [4.69, 9.17) is 4.99 Å². The van der Waals surface area contributed by atoms with Crippen molar-refractivity contribution in [3.05, 3.63) is 22.7 Å². The van der Waals surface area contributed by atoms with E-state index in [-0.39, 0.29) is 10.8 Å². The Balaban J connectivity index is 1.49. The lowest BCUT2D eigenvalue weighted by atomic mass is 9.49. The van der Waals surface area contributed by atoms with Gasteiger partial charge in [0.05, 0.1) is 10.4 Å². The number of aliphatic imine (C=N–C) groups is 1. The summed E-state index contributed by atoms with van der Waals surface area (Å²) in [4.78, 5) is 22.6. The third-order valence-electron chi connectivity index (χ3n) is 7.97. The lowest BCUT2D eigenvalue weighted by Crippen LogP contribution is -2.54. The van der Waals surface area contributed by atoms with Gasteiger partial charge < -0.3 is 0 Å². The minimum Gasteiger partial charge on any atom is -0.299 e. The van der Waals surface area contributed by atoms with E-state index in [9.17, 15) is 4.79 Å². The number of carbonyl (C=O) groups is 1. The Hall–Kier alpha value is -1.29. The molecule has 1 aromatic heterocycles. The summed E-state index contributed by atoms with van der Waals surface area (Å²) in [6.45, 7) is 5.83. The van der Waals surface area contributed by atoms with Gasteiger partial charge >= 0.3 is 0 Å². The van der Waals surface area contributed by atoms with Crippen LogP contribution in [0, 0.1) is 28.6 Å². The first-order chi connectivity index (χ1) is 12.0. The van der Waals surface area contributed by atoms with Crippen molar-refractivity contribution in [1.29, 1.82) is 0 Å². The number of ketones is 1. The monoisotopic (exact) mass is 354 g/mol. The van der Waals surface area contributed by atoms with Gasteiger partial charge in [0.25, 0.3) is 0 Å². The first-order valence-corrected chi connectivity index (χ1v) is 10.6. The van der Waals surface area contributed by atoms with Crippen molar-refractivity contribution in [1.82, 2.24) is 4.98 Å². The average Bonchev–Trinajstić information content (AvgIpc) is 3.22. The number of rotatable bonds is 1. The van der Waals surface area contributed by atoms with Crippen molar-refractivity contribution >= 4 is 28.4 Å². The molecule has 132 valence electrons. The quantitative estimate of drug-likeness (QED) is 0.727. The van der Waals surface area contributed by atoms with Crippen LogP contribution in [0.1, 0.15) is 57.2 Å². The molecule has 5 atom stereocenters. The van der Waals surface area contributed by atoms with Crippen LogP contribution in [0.2, 0.25) is 0 Å². The molecule has 4 heteroatoms. The van der Waals surface area contributed by atoms with Gasteiger partial charge in [0, 0.05) is 36.7 Å². The van der Waals surface area contributed by atoms with Crippen LogP contribution in [-0.4, -0.2) is 23.0 Å². The molecule has 1 aliphatic heterocycles. The van der Waals surface area contributed by atoms with E-state index >= 15 is 0 Å². The second-order valence-electron chi connectivity index (χ2n) is 8.97. The van der Waals surface area contributed by atoms with Gasteiger partial charge in [-0.1, -0.05) is 19.9 Å². The summed E-state index contributed by atoms with van der Waals surface area (Å²) in [5.74, 6) is 2.47. The fraction of sp³-hybridized carbons (Fsp3) is 0.667. The molecule has 3 aliphatic carbocycles. The maximum Gasteiger partial charge on any atom is 0.138 e. The van der Waals surface area contributed by atoms with Crippen LogP contribution in [0.15, 0.2) is 22.8 Å². The molecule has 0 unspecified atom stereocenters. The summed E-state index contributed by atoms with van der Waals surface area (Å²) >= 11 is 1.78. The predicted molar refractivity (Wildman–Crippen MR) is 102 cm³/mol. The highest BCUT2D eigenvalue weighted by Crippen LogP contribution is 2.64. The molecule has 2 heterocycles. The van der Waals surface area contributed by atoms with Crippen molar-refractivity contribution in [3.63, 3.8) is 0 Å². The molecule has 5 rings (SSSR count). The van der Waals surface area contributed by atoms with Gasteiger partial charge in [0.2, 0.25) is 0 Å². The Kier molecular flexibility index (Phi) is 3.41. The van der Waals surface area contributed by atoms with Crippen LogP contribution in [0.5, 0.6) is 0 Å². The lowest BCUT2D eigenvalue weighted by molar-refractivity contribution is -0.120. The van der Waals surface area contributed by atoms with Crippen LogP contribution in [0.3, 0.4) is 0 Å². The molecule has 1 aromatic rings. The van der Waals surface area contributed by atoms with Gasteiger partial charge in [0.15, 0.2) is 0 Å². The zero-order valence-electron chi connectivity index (χ0n) is 15.1. The minimum absolute atomic E-state index is 0.172. The fourth-order valence-electron chi connectivity index (χ4n) is 6.50. The predicted octanol–water partition coefficient (Wildman–Crippen LogP) is 4.79. The number of allylic oxidation sites excluding steroid dienone is 2. The molecular weight excluding hydrogens is 328 g/mol. The van der Waals surface area contributed by atoms with Gasteiger partial charge in [-0.3, -0.25) is 14.8 Å². The molecule has 2 saturated carbocycles. The molecule has 4 aliphatic rings. The van der Waals surface area contributed by atoms with Crippen molar-refractivity contribution in [3.8, 4) is 0 Å². The van der Waals surface area contributed by atoms with E-state index in [0.29, 0.717) is 30.0 Å². The van der Waals surface area contributed by atoms with Gasteiger partial charge in [-0.15, -0.1) is 11.3 Å². The van der Waals surface area contributed by atoms with Gasteiger partial charge in [-0.2, -0.15) is 0 Å². The highest BCUT2D eigenvalue weighted by molar-refractivity contribution is 7.10. The second kappa shape index (κ2) is 5.35. The molecule has 2 fully saturated rings. The third kappa shape index (κ3) is 2.12. The van der Waals surface area contributed by atoms with E-state index in [2.05, 4.69) is 24.9 Å². The second-order valence-corrected chi connectivity index (χ2v) is 9.86. The molecule has 0 saturated heterocycles. The number of hydrogen-bond acceptors (Lipinski definition) is 4. The SMILES string of the molecule is C[C@]12CCC(=O)CC1=NC[C@@H]1[C@@H]2CC[C@]2(C)C(c3cncs3)=CC[C@@H]12. The van der Waals surface area contributed by atoms with Crippen LogP contribution < -0.4 is 0 Å². The highest BCUT2D eigenvalue weighted by atomic mass is 32.1. The Morgan fingerprint density at radius 1 is 1.20 bits per heavy atom. The van der Waals surface area contributed by atoms with Crippen LogP contribution in [0.4, 0.5) is 0 Å². The molecule has 25 heavy (non-hydrogen) atoms. The summed E-state index contributed by atoms with van der Waals surface area (Å²) in [6, 6.07) is 0. The molecule has 0 spiro atoms. The summed E-state index contributed by atoms with van der Waals surface area (Å²) in [6.07, 6.45) is 10.6. The number of carbonyl (C=O) groups excluding carboxylic acids is 1. The van der Waals surface area contributed by atoms with E-state index in [1.165, 1.54) is 35.4 Å². The summed E-state index contributed by atoms with van der Waals surface area (Å²) in [5, 5.41) is 0. The van der Waals surface area contributed by atoms with E-state index in [1.54, 1.807) is 11.3 Å². The van der Waals surface area contributed by atoms with Gasteiger partial charge in [-0.05, 0) is 54.4 Å². The Morgan fingerprint density at radius 3 is 2.88 bits per heavy atom. The van der Waals surface area contributed by atoms with Crippen LogP contribution in [-0.2, 0) is 4.79 Å². The summed E-state index contributed by atoms with van der Waals surface area (Å²) < 4.78 is 0. The Labute approximate surface area is 153 Å². The van der Waals surface area contributed by atoms with Crippen LogP contribution in [0.25, 0.3) is 5.57 Å². The molecular formula is C21H26N2OS. The lowest BCUT2D eigenvalue weighted by Gasteiger charge is -2.56. The Bertz CT molecular complexity index is 780. The topological polar surface area (TPSA) is 42.3 Å². The molecule has 3 nitrogen and oxygen atoms in total. The molecule has 0 N–H and O–H groups in total. The number of nitrogens with zero attached hydrogens (tertiary/aromatic N) is 2. The number of hydrogen-bond donors (Lipinski definition) is 0. The van der Waals surface area contributed by atoms with Crippen molar-refractivity contribution < 1.29 is 4.79 Å². The van der Waals surface area contributed by atoms with Crippen molar-refractivity contribution in [2.24, 2.45) is 33.6 Å². The minimum atomic E-state index is 0.172. The number of aromatic nitrogens is 1. The maximum atomic E-state index is 11.9. The smallest absolute Gasteiger partial charge is 0.138 e. The fourth-order valence-corrected chi connectivity index (χ4v) is 7.30. The molecule has 0 amide bonds. The zero-order chi connectivity index (χ0) is 17.2. The largest absolute Gasteiger partial charge is 0.299 e. The standard InChI is InChI=1S/C21H26N2OS/c1-20-8-6-16-14(10-23-19-9-13(24)5-7-21(16,19)2)15(20)3-4-17(20)18-11-22-12-25-18/h4,11-12,14-16H,3,5-10H2,1-2H3/t14-,15-,16-,20-,21+/m0/s1. The summed E-state index contributed by atoms with van der Waals surface area (Å²) in [5.41, 5.74) is 5.17. The Morgan fingerprint density at radius 2 is 2.08 bits per heavy atom. The van der Waals surface area contributed by atoms with Crippen molar-refractivity contribution in [2.75, 3.05) is 6.54 Å². The number of Topliss-reactive ketones (excluding diaryl/α,β-unsaturated/α-hetero) is 1. The number of fused-ring (bicyclic) bond motifs is 5. The molecule has 0 radical (unpaired) electrons. The third-order valence-corrected chi connectivity index (χ3v) is 8.78. The van der Waals surface area contributed by atoms with Gasteiger partial charge in [-0.25, -0.2) is 0 Å². The molecule has 0 aromatic carbocycles. The summed E-state index contributed by atoms with van der Waals surface area (Å²) in [7, 11) is 0. The van der Waals surface area contributed by atoms with Gasteiger partial charge in [0.1, 0.15) is 5.78 Å². The van der Waals surface area contributed by atoms with Crippen LogP contribution >= 0.6 is 11.3 Å². The number of thiazole rings is 1. The van der Waals surface area contributed by atoms with Crippen molar-refractivity contribution in [2.45, 2.75) is 52.4 Å². The molecule has 0 bridgehead atoms. The first kappa shape index (κ1) is 15.9. The van der Waals surface area contributed by atoms with E-state index in [0.717, 1.165) is 19.4 Å². The maximum absolute atomic E-state index is 11.9. The average molecular weight is 355 g/mol. The zero-order valence-corrected chi connectivity index (χ0v) is 15.9. The highest BCUT2D eigenvalue weighted by Gasteiger charge is 2.57. The normalized spacial score (nSPS) is 43.0.